The van der Waals surface area contributed by atoms with Crippen molar-refractivity contribution in [3.05, 3.63) is 81.7 Å². The fourth-order valence-corrected chi connectivity index (χ4v) is 3.77. The number of ether oxygens (including phenoxy) is 2. The van der Waals surface area contributed by atoms with Crippen LogP contribution in [0.4, 0.5) is 0 Å². The van der Waals surface area contributed by atoms with Gasteiger partial charge in [0.15, 0.2) is 0 Å². The minimum absolute atomic E-state index is 0.182. The van der Waals surface area contributed by atoms with Crippen LogP contribution in [0.25, 0.3) is 0 Å². The first kappa shape index (κ1) is 18.6. The molecular weight excluding hydrogens is 370 g/mol. The fourth-order valence-electron chi connectivity index (χ4n) is 3.77. The summed E-state index contributed by atoms with van der Waals surface area (Å²) in [5.41, 5.74) is 1.41. The van der Waals surface area contributed by atoms with Crippen LogP contribution >= 0.6 is 0 Å². The van der Waals surface area contributed by atoms with Gasteiger partial charge in [-0.2, -0.15) is 5.26 Å². The molecule has 0 aliphatic carbocycles. The van der Waals surface area contributed by atoms with Crippen LogP contribution in [0.3, 0.4) is 0 Å². The van der Waals surface area contributed by atoms with Gasteiger partial charge in [-0.3, -0.25) is 10.2 Å². The maximum absolute atomic E-state index is 13.5. The average molecular weight is 389 g/mol. The molecule has 0 saturated carbocycles. The van der Waals surface area contributed by atoms with E-state index in [1.165, 1.54) is 7.11 Å². The van der Waals surface area contributed by atoms with E-state index in [1.807, 2.05) is 18.2 Å². The summed E-state index contributed by atoms with van der Waals surface area (Å²) in [5, 5.41) is 18.0. The minimum Gasteiger partial charge on any atom is -0.496 e. The van der Waals surface area contributed by atoms with Crippen molar-refractivity contribution < 1.29 is 13.9 Å². The van der Waals surface area contributed by atoms with Crippen LogP contribution < -0.4 is 15.0 Å². The van der Waals surface area contributed by atoms with Gasteiger partial charge in [0.2, 0.25) is 5.90 Å². The summed E-state index contributed by atoms with van der Waals surface area (Å²) in [7, 11) is 1.54. The Labute approximate surface area is 167 Å². The maximum atomic E-state index is 13.5. The second-order valence-corrected chi connectivity index (χ2v) is 6.83. The molecule has 4 rings (SSSR count). The molecular formula is C22H19N3O4. The highest BCUT2D eigenvalue weighted by Gasteiger charge is 2.41. The van der Waals surface area contributed by atoms with Crippen LogP contribution in [0.1, 0.15) is 28.5 Å². The molecule has 1 unspecified atom stereocenters. The number of nitrogens with zero attached hydrogens (tertiary/aromatic N) is 2. The number of rotatable bonds is 4. The van der Waals surface area contributed by atoms with Gasteiger partial charge in [0.1, 0.15) is 23.2 Å². The van der Waals surface area contributed by atoms with Crippen molar-refractivity contribution in [2.24, 2.45) is 5.92 Å². The number of para-hydroxylation sites is 1. The average Bonchev–Trinajstić information content (AvgIpc) is 3.23. The Hall–Kier alpha value is -3.79. The lowest BCUT2D eigenvalue weighted by atomic mass is 9.79. The first-order valence-corrected chi connectivity index (χ1v) is 9.10. The van der Waals surface area contributed by atoms with E-state index in [0.717, 1.165) is 0 Å². The Morgan fingerprint density at radius 2 is 2.07 bits per heavy atom. The van der Waals surface area contributed by atoms with Crippen LogP contribution in [-0.2, 0) is 6.54 Å². The minimum atomic E-state index is -0.939. The Bertz CT molecular complexity index is 1170. The van der Waals surface area contributed by atoms with Crippen molar-refractivity contribution in [1.29, 1.82) is 10.7 Å². The molecule has 146 valence electrons. The highest BCUT2D eigenvalue weighted by Crippen LogP contribution is 2.43. The summed E-state index contributed by atoms with van der Waals surface area (Å²) < 4.78 is 18.1. The number of aromatic nitrogens is 1. The molecule has 0 amide bonds. The molecule has 1 aromatic carbocycles. The molecule has 3 aromatic rings. The van der Waals surface area contributed by atoms with Crippen LogP contribution in [0.15, 0.2) is 57.9 Å². The zero-order valence-electron chi connectivity index (χ0n) is 16.0. The summed E-state index contributed by atoms with van der Waals surface area (Å²) in [6, 6.07) is 14.6. The monoisotopic (exact) mass is 389 g/mol. The Morgan fingerprint density at radius 1 is 1.28 bits per heavy atom. The number of methoxy groups -OCH3 is 1. The second-order valence-electron chi connectivity index (χ2n) is 6.83. The predicted octanol–water partition coefficient (Wildman–Crippen LogP) is 3.45. The quantitative estimate of drug-likeness (QED) is 0.736. The van der Waals surface area contributed by atoms with Crippen LogP contribution in [0.5, 0.6) is 11.5 Å². The van der Waals surface area contributed by atoms with E-state index in [2.05, 4.69) is 6.07 Å². The molecule has 3 heterocycles. The van der Waals surface area contributed by atoms with Crippen molar-refractivity contribution in [1.82, 2.24) is 4.57 Å². The molecule has 1 aliphatic rings. The van der Waals surface area contributed by atoms with Gasteiger partial charge in [-0.1, -0.05) is 18.2 Å². The van der Waals surface area contributed by atoms with Gasteiger partial charge in [-0.25, -0.2) is 0 Å². The maximum Gasteiger partial charge on any atom is 0.258 e. The molecule has 0 bridgehead atoms. The van der Waals surface area contributed by atoms with E-state index in [-0.39, 0.29) is 18.0 Å². The summed E-state index contributed by atoms with van der Waals surface area (Å²) in [6.07, 6.45) is 1.56. The van der Waals surface area contributed by atoms with Gasteiger partial charge in [-0.05, 0) is 25.1 Å². The van der Waals surface area contributed by atoms with E-state index in [4.69, 9.17) is 19.3 Å². The van der Waals surface area contributed by atoms with Gasteiger partial charge in [0.25, 0.3) is 5.56 Å². The van der Waals surface area contributed by atoms with Gasteiger partial charge < -0.3 is 18.5 Å². The number of fused-ring (bicyclic) bond motifs is 1. The Morgan fingerprint density at radius 3 is 2.76 bits per heavy atom. The lowest BCUT2D eigenvalue weighted by Crippen LogP contribution is -2.38. The molecule has 7 nitrogen and oxygen atoms in total. The predicted molar refractivity (Wildman–Crippen MR) is 106 cm³/mol. The van der Waals surface area contributed by atoms with E-state index >= 15 is 0 Å². The molecule has 0 spiro atoms. The number of nitrogens with one attached hydrogen (secondary N) is 1. The zero-order chi connectivity index (χ0) is 20.5. The van der Waals surface area contributed by atoms with Crippen molar-refractivity contribution in [3.8, 4) is 17.6 Å². The third-order valence-corrected chi connectivity index (χ3v) is 5.16. The molecule has 2 aromatic heterocycles. The summed E-state index contributed by atoms with van der Waals surface area (Å²) in [4.78, 5) is 13.5. The summed E-state index contributed by atoms with van der Waals surface area (Å²) >= 11 is 0. The standard InChI is InChI=1S/C22H19N3O4/c1-13-10-18-20(22(26)25(13)12-14-6-5-9-28-14)19(16(11-23)21(24)29-18)15-7-3-4-8-17(15)27-2/h3-10,16,19,24H,12H2,1-2H3/t16?,19-/m1/s1. The normalized spacial score (nSPS) is 17.9. The number of hydrogen-bond donors (Lipinski definition) is 1. The van der Waals surface area contributed by atoms with Gasteiger partial charge >= 0.3 is 0 Å². The molecule has 29 heavy (non-hydrogen) atoms. The van der Waals surface area contributed by atoms with Gasteiger partial charge in [0.05, 0.1) is 31.6 Å². The molecule has 0 fully saturated rings. The third-order valence-electron chi connectivity index (χ3n) is 5.16. The topological polar surface area (TPSA) is 101 Å². The van der Waals surface area contributed by atoms with Gasteiger partial charge in [0, 0.05) is 23.2 Å². The van der Waals surface area contributed by atoms with Crippen molar-refractivity contribution in [2.45, 2.75) is 19.4 Å². The molecule has 2 atom stereocenters. The number of furan rings is 1. The first-order chi connectivity index (χ1) is 14.0. The largest absolute Gasteiger partial charge is 0.496 e. The number of nitriles is 1. The molecule has 7 heteroatoms. The molecule has 1 aliphatic heterocycles. The molecule has 0 saturated heterocycles. The van der Waals surface area contributed by atoms with Crippen molar-refractivity contribution >= 4 is 5.90 Å². The Kier molecular flexibility index (Phi) is 4.69. The summed E-state index contributed by atoms with van der Waals surface area (Å²) in [6.45, 7) is 2.06. The number of hydrogen-bond acceptors (Lipinski definition) is 6. The fraction of sp³-hybridized carbons (Fsp3) is 0.227. The number of benzene rings is 1. The molecule has 1 N–H and O–H groups in total. The van der Waals surface area contributed by atoms with E-state index in [9.17, 15) is 10.1 Å². The smallest absolute Gasteiger partial charge is 0.258 e. The molecule has 0 radical (unpaired) electrons. The highest BCUT2D eigenvalue weighted by atomic mass is 16.5. The van der Waals surface area contributed by atoms with E-state index in [0.29, 0.717) is 34.1 Å². The van der Waals surface area contributed by atoms with Crippen molar-refractivity contribution in [3.63, 3.8) is 0 Å². The highest BCUT2D eigenvalue weighted by molar-refractivity contribution is 5.85. The van der Waals surface area contributed by atoms with Crippen molar-refractivity contribution in [2.75, 3.05) is 7.11 Å². The lowest BCUT2D eigenvalue weighted by molar-refractivity contribution is 0.396. The second kappa shape index (κ2) is 7.32. The first-order valence-electron chi connectivity index (χ1n) is 9.10. The lowest BCUT2D eigenvalue weighted by Gasteiger charge is -2.31. The van der Waals surface area contributed by atoms with Crippen LogP contribution in [0, 0.1) is 29.6 Å². The van der Waals surface area contributed by atoms with E-state index < -0.39 is 11.8 Å². The van der Waals surface area contributed by atoms with Crippen LogP contribution in [-0.4, -0.2) is 17.6 Å². The number of pyridine rings is 1. The summed E-state index contributed by atoms with van der Waals surface area (Å²) in [5.74, 6) is -0.301. The van der Waals surface area contributed by atoms with Crippen LogP contribution in [0.2, 0.25) is 0 Å². The number of aryl methyl sites for hydroxylation is 1. The SMILES string of the molecule is COc1ccccc1[C@H]1c2c(cc(C)n(Cc3ccco3)c2=O)OC(=N)C1C#N. The Balaban J connectivity index is 1.96. The third kappa shape index (κ3) is 3.09. The van der Waals surface area contributed by atoms with Gasteiger partial charge in [-0.15, -0.1) is 0 Å². The zero-order valence-corrected chi connectivity index (χ0v) is 16.0. The van der Waals surface area contributed by atoms with E-state index in [1.54, 1.807) is 42.0 Å².